The van der Waals surface area contributed by atoms with Gasteiger partial charge in [0.15, 0.2) is 0 Å². The van der Waals surface area contributed by atoms with Gasteiger partial charge < -0.3 is 10.7 Å². The summed E-state index contributed by atoms with van der Waals surface area (Å²) in [4.78, 5) is 31.3. The molecule has 3 N–H and O–H groups in total. The van der Waals surface area contributed by atoms with Crippen LogP contribution in [0, 0.1) is 6.92 Å². The van der Waals surface area contributed by atoms with E-state index in [1.54, 1.807) is 6.92 Å². The topological polar surface area (TPSA) is 92.1 Å². The lowest BCUT2D eigenvalue weighted by Crippen LogP contribution is -2.34. The van der Waals surface area contributed by atoms with Crippen LogP contribution in [0.2, 0.25) is 0 Å². The van der Waals surface area contributed by atoms with Gasteiger partial charge in [0.2, 0.25) is 5.91 Å². The molecule has 0 radical (unpaired) electrons. The highest BCUT2D eigenvalue weighted by molar-refractivity contribution is 5.76. The third-order valence-electron chi connectivity index (χ3n) is 2.94. The molecular formula is C11H16N4O2. The van der Waals surface area contributed by atoms with Crippen LogP contribution in [0.15, 0.2) is 10.9 Å². The van der Waals surface area contributed by atoms with Crippen molar-refractivity contribution in [2.75, 3.05) is 13.1 Å². The average molecular weight is 236 g/mol. The second-order valence-electron chi connectivity index (χ2n) is 4.35. The van der Waals surface area contributed by atoms with Crippen molar-refractivity contribution in [3.8, 4) is 0 Å². The number of nitrogens with one attached hydrogen (secondary N) is 1. The number of nitrogens with two attached hydrogens (primary N) is 1. The highest BCUT2D eigenvalue weighted by Crippen LogP contribution is 2.29. The first-order valence-corrected chi connectivity index (χ1v) is 5.66. The maximum atomic E-state index is 11.4. The van der Waals surface area contributed by atoms with Gasteiger partial charge in [0.05, 0.1) is 18.3 Å². The number of rotatable bonds is 3. The van der Waals surface area contributed by atoms with Gasteiger partial charge in [-0.2, -0.15) is 0 Å². The molecule has 92 valence electrons. The van der Waals surface area contributed by atoms with Crippen LogP contribution >= 0.6 is 0 Å². The first-order chi connectivity index (χ1) is 8.06. The molecule has 1 aromatic rings. The highest BCUT2D eigenvalue weighted by Gasteiger charge is 2.28. The van der Waals surface area contributed by atoms with Crippen LogP contribution in [-0.4, -0.2) is 33.9 Å². The zero-order valence-electron chi connectivity index (χ0n) is 9.77. The first kappa shape index (κ1) is 11.8. The van der Waals surface area contributed by atoms with E-state index >= 15 is 0 Å². The zero-order valence-corrected chi connectivity index (χ0v) is 9.77. The summed E-state index contributed by atoms with van der Waals surface area (Å²) in [6.45, 7) is 2.79. The van der Waals surface area contributed by atoms with E-state index in [0.717, 1.165) is 25.1 Å². The standard InChI is InChI=1S/C11H16N4O2/c1-7-13-8(5-11(17)14-7)9-3-2-4-15(9)6-10(12)16/h5,9H,2-4,6H2,1H3,(H2,12,16)(H,13,14,17). The number of likely N-dealkylation sites (tertiary alicyclic amines) is 1. The molecule has 1 unspecified atom stereocenters. The van der Waals surface area contributed by atoms with Crippen LogP contribution in [0.4, 0.5) is 0 Å². The monoisotopic (exact) mass is 236 g/mol. The molecule has 0 spiro atoms. The number of H-pyrrole nitrogens is 1. The Morgan fingerprint density at radius 2 is 2.47 bits per heavy atom. The molecule has 1 saturated heterocycles. The van der Waals surface area contributed by atoms with E-state index in [2.05, 4.69) is 9.97 Å². The van der Waals surface area contributed by atoms with Crippen molar-refractivity contribution in [3.63, 3.8) is 0 Å². The van der Waals surface area contributed by atoms with Gasteiger partial charge in [0.25, 0.3) is 5.56 Å². The molecule has 1 aliphatic heterocycles. The quantitative estimate of drug-likeness (QED) is 0.753. The van der Waals surface area contributed by atoms with Crippen LogP contribution in [-0.2, 0) is 4.79 Å². The van der Waals surface area contributed by atoms with E-state index in [9.17, 15) is 9.59 Å². The van der Waals surface area contributed by atoms with Gasteiger partial charge in [-0.15, -0.1) is 0 Å². The Balaban J connectivity index is 2.25. The molecule has 6 heteroatoms. The molecule has 1 atom stereocenters. The molecule has 1 aromatic heterocycles. The molecule has 0 bridgehead atoms. The minimum atomic E-state index is -0.349. The number of nitrogens with zero attached hydrogens (tertiary/aromatic N) is 2. The van der Waals surface area contributed by atoms with E-state index < -0.39 is 0 Å². The minimum Gasteiger partial charge on any atom is -0.369 e. The van der Waals surface area contributed by atoms with Crippen molar-refractivity contribution in [2.24, 2.45) is 5.73 Å². The minimum absolute atomic E-state index is 0.0310. The molecule has 1 amide bonds. The van der Waals surface area contributed by atoms with Crippen molar-refractivity contribution in [3.05, 3.63) is 27.9 Å². The van der Waals surface area contributed by atoms with E-state index in [-0.39, 0.29) is 24.1 Å². The van der Waals surface area contributed by atoms with Gasteiger partial charge in [-0.05, 0) is 26.3 Å². The summed E-state index contributed by atoms with van der Waals surface area (Å²) in [5.74, 6) is 0.247. The van der Waals surface area contributed by atoms with Gasteiger partial charge in [0, 0.05) is 6.07 Å². The van der Waals surface area contributed by atoms with Crippen LogP contribution in [0.1, 0.15) is 30.4 Å². The number of carbonyl (C=O) groups is 1. The first-order valence-electron chi connectivity index (χ1n) is 5.66. The van der Waals surface area contributed by atoms with E-state index in [1.165, 1.54) is 6.07 Å². The molecule has 17 heavy (non-hydrogen) atoms. The Morgan fingerprint density at radius 1 is 1.71 bits per heavy atom. The van der Waals surface area contributed by atoms with Crippen molar-refractivity contribution >= 4 is 5.91 Å². The zero-order chi connectivity index (χ0) is 12.4. The fourth-order valence-corrected chi connectivity index (χ4v) is 2.32. The van der Waals surface area contributed by atoms with E-state index in [4.69, 9.17) is 5.73 Å². The summed E-state index contributed by atoms with van der Waals surface area (Å²) in [5, 5.41) is 0. The molecular weight excluding hydrogens is 220 g/mol. The van der Waals surface area contributed by atoms with Crippen molar-refractivity contribution in [2.45, 2.75) is 25.8 Å². The van der Waals surface area contributed by atoms with E-state index in [1.807, 2.05) is 4.90 Å². The molecule has 2 rings (SSSR count). The maximum absolute atomic E-state index is 11.4. The van der Waals surface area contributed by atoms with Crippen molar-refractivity contribution in [1.82, 2.24) is 14.9 Å². The number of hydrogen-bond donors (Lipinski definition) is 2. The number of primary amides is 1. The molecule has 0 aliphatic carbocycles. The second-order valence-corrected chi connectivity index (χ2v) is 4.35. The SMILES string of the molecule is Cc1nc(C2CCCN2CC(N)=O)cc(=O)[nH]1. The van der Waals surface area contributed by atoms with Gasteiger partial charge in [-0.1, -0.05) is 0 Å². The van der Waals surface area contributed by atoms with Crippen molar-refractivity contribution < 1.29 is 4.79 Å². The molecule has 1 aliphatic rings. The number of carbonyl (C=O) groups excluding carboxylic acids is 1. The summed E-state index contributed by atoms with van der Waals surface area (Å²) in [6.07, 6.45) is 1.90. The smallest absolute Gasteiger partial charge is 0.251 e. The number of amides is 1. The highest BCUT2D eigenvalue weighted by atomic mass is 16.1. The lowest BCUT2D eigenvalue weighted by Gasteiger charge is -2.22. The Bertz CT molecular complexity index is 483. The van der Waals surface area contributed by atoms with Gasteiger partial charge in [0.1, 0.15) is 5.82 Å². The Labute approximate surface area is 98.8 Å². The number of aromatic nitrogens is 2. The van der Waals surface area contributed by atoms with Gasteiger partial charge in [-0.25, -0.2) is 4.98 Å². The van der Waals surface area contributed by atoms with E-state index in [0.29, 0.717) is 5.82 Å². The lowest BCUT2D eigenvalue weighted by atomic mass is 10.1. The predicted molar refractivity (Wildman–Crippen MR) is 62.3 cm³/mol. The fraction of sp³-hybridized carbons (Fsp3) is 0.545. The second kappa shape index (κ2) is 4.67. The molecule has 6 nitrogen and oxygen atoms in total. The predicted octanol–water partition coefficient (Wildman–Crippen LogP) is -0.299. The van der Waals surface area contributed by atoms with Crippen LogP contribution in [0.25, 0.3) is 0 Å². The van der Waals surface area contributed by atoms with Gasteiger partial charge in [-0.3, -0.25) is 14.5 Å². The summed E-state index contributed by atoms with van der Waals surface area (Å²) >= 11 is 0. The number of aryl methyl sites for hydroxylation is 1. The fourth-order valence-electron chi connectivity index (χ4n) is 2.32. The van der Waals surface area contributed by atoms with Crippen LogP contribution < -0.4 is 11.3 Å². The summed E-state index contributed by atoms with van der Waals surface area (Å²) in [6, 6.07) is 1.53. The third kappa shape index (κ3) is 2.71. The largest absolute Gasteiger partial charge is 0.369 e. The number of hydrogen-bond acceptors (Lipinski definition) is 4. The normalized spacial score (nSPS) is 20.6. The average Bonchev–Trinajstić information content (AvgIpc) is 2.63. The summed E-state index contributed by atoms with van der Waals surface area (Å²) in [7, 11) is 0. The molecule has 2 heterocycles. The van der Waals surface area contributed by atoms with Crippen LogP contribution in [0.5, 0.6) is 0 Å². The Hall–Kier alpha value is -1.69. The maximum Gasteiger partial charge on any atom is 0.251 e. The Kier molecular flexibility index (Phi) is 3.23. The van der Waals surface area contributed by atoms with Gasteiger partial charge >= 0.3 is 0 Å². The summed E-state index contributed by atoms with van der Waals surface area (Å²) in [5.41, 5.74) is 5.78. The third-order valence-corrected chi connectivity index (χ3v) is 2.94. The molecule has 0 aromatic carbocycles. The Morgan fingerprint density at radius 3 is 3.12 bits per heavy atom. The van der Waals surface area contributed by atoms with Crippen LogP contribution in [0.3, 0.4) is 0 Å². The number of aromatic amines is 1. The lowest BCUT2D eigenvalue weighted by molar-refractivity contribution is -0.119. The molecule has 0 saturated carbocycles. The summed E-state index contributed by atoms with van der Waals surface area (Å²) < 4.78 is 0. The molecule has 1 fully saturated rings. The van der Waals surface area contributed by atoms with Crippen molar-refractivity contribution in [1.29, 1.82) is 0 Å².